The second-order valence-corrected chi connectivity index (χ2v) is 7.22. The zero-order valence-electron chi connectivity index (χ0n) is 13.7. The molecular formula is C19H27NO. The summed E-state index contributed by atoms with van der Waals surface area (Å²) in [6.45, 7) is 10.7. The van der Waals surface area contributed by atoms with Crippen LogP contribution in [0.1, 0.15) is 46.3 Å². The van der Waals surface area contributed by atoms with Crippen molar-refractivity contribution in [2.24, 2.45) is 5.92 Å². The van der Waals surface area contributed by atoms with E-state index < -0.39 is 6.10 Å². The van der Waals surface area contributed by atoms with E-state index in [2.05, 4.69) is 64.2 Å². The Morgan fingerprint density at radius 3 is 2.14 bits per heavy atom. The maximum absolute atomic E-state index is 10.8. The maximum Gasteiger partial charge on any atom is 0.0945 e. The minimum atomic E-state index is -0.506. The molecule has 2 aromatic carbocycles. The van der Waals surface area contributed by atoms with E-state index in [-0.39, 0.29) is 11.6 Å². The molecule has 0 bridgehead atoms. The van der Waals surface area contributed by atoms with E-state index in [1.807, 2.05) is 18.2 Å². The van der Waals surface area contributed by atoms with Crippen LogP contribution < -0.4 is 5.32 Å². The smallest absolute Gasteiger partial charge is 0.0945 e. The van der Waals surface area contributed by atoms with Gasteiger partial charge in [0.1, 0.15) is 0 Å². The minimum absolute atomic E-state index is 0.0211. The molecule has 0 aliphatic heterocycles. The van der Waals surface area contributed by atoms with Crippen LogP contribution in [0.3, 0.4) is 0 Å². The second-order valence-electron chi connectivity index (χ2n) is 7.22. The summed E-state index contributed by atoms with van der Waals surface area (Å²) < 4.78 is 0. The summed E-state index contributed by atoms with van der Waals surface area (Å²) in [6.07, 6.45) is -0.506. The highest BCUT2D eigenvalue weighted by Gasteiger charge is 2.27. The second kappa shape index (κ2) is 6.17. The fraction of sp³-hybridized carbons (Fsp3) is 0.474. The molecule has 2 atom stereocenters. The van der Waals surface area contributed by atoms with Crippen LogP contribution in [0.15, 0.2) is 42.5 Å². The summed E-state index contributed by atoms with van der Waals surface area (Å²) in [5, 5.41) is 16.7. The number of aliphatic hydroxyl groups excluding tert-OH is 1. The van der Waals surface area contributed by atoms with E-state index in [0.717, 1.165) is 5.56 Å². The van der Waals surface area contributed by atoms with Gasteiger partial charge in [-0.1, -0.05) is 50.2 Å². The van der Waals surface area contributed by atoms with Gasteiger partial charge in [-0.15, -0.1) is 0 Å². The van der Waals surface area contributed by atoms with Crippen molar-refractivity contribution in [2.75, 3.05) is 0 Å². The molecule has 0 aliphatic carbocycles. The lowest BCUT2D eigenvalue weighted by Crippen LogP contribution is -2.49. The Kier molecular flexibility index (Phi) is 4.70. The topological polar surface area (TPSA) is 32.3 Å². The molecule has 2 aromatic rings. The molecule has 2 N–H and O–H groups in total. The molecule has 21 heavy (non-hydrogen) atoms. The summed E-state index contributed by atoms with van der Waals surface area (Å²) in [4.78, 5) is 0. The Hall–Kier alpha value is -1.38. The quantitative estimate of drug-likeness (QED) is 0.878. The molecule has 0 spiro atoms. The molecule has 0 saturated heterocycles. The minimum Gasteiger partial charge on any atom is -0.387 e. The van der Waals surface area contributed by atoms with E-state index in [4.69, 9.17) is 0 Å². The van der Waals surface area contributed by atoms with Crippen LogP contribution in [0, 0.1) is 5.92 Å². The van der Waals surface area contributed by atoms with Crippen LogP contribution in [0.25, 0.3) is 10.8 Å². The van der Waals surface area contributed by atoms with E-state index in [1.165, 1.54) is 10.8 Å². The van der Waals surface area contributed by atoms with E-state index in [9.17, 15) is 5.11 Å². The average molecular weight is 285 g/mol. The largest absolute Gasteiger partial charge is 0.387 e. The van der Waals surface area contributed by atoms with Gasteiger partial charge in [-0.25, -0.2) is 0 Å². The van der Waals surface area contributed by atoms with Crippen LogP contribution in [-0.2, 0) is 0 Å². The summed E-state index contributed by atoms with van der Waals surface area (Å²) >= 11 is 0. The first-order valence-corrected chi connectivity index (χ1v) is 7.72. The molecule has 0 radical (unpaired) electrons. The van der Waals surface area contributed by atoms with Crippen molar-refractivity contribution < 1.29 is 5.11 Å². The summed E-state index contributed by atoms with van der Waals surface area (Å²) in [6, 6.07) is 14.5. The third-order valence-electron chi connectivity index (χ3n) is 3.77. The number of nitrogens with one attached hydrogen (secondary N) is 1. The molecule has 2 rings (SSSR count). The molecule has 114 valence electrons. The molecule has 0 saturated carbocycles. The van der Waals surface area contributed by atoms with Crippen molar-refractivity contribution >= 4 is 10.8 Å². The van der Waals surface area contributed by atoms with Crippen LogP contribution in [0.5, 0.6) is 0 Å². The molecular weight excluding hydrogens is 258 g/mol. The number of hydrogen-bond acceptors (Lipinski definition) is 2. The van der Waals surface area contributed by atoms with Gasteiger partial charge < -0.3 is 10.4 Å². The van der Waals surface area contributed by atoms with Crippen LogP contribution >= 0.6 is 0 Å². The van der Waals surface area contributed by atoms with Gasteiger partial charge >= 0.3 is 0 Å². The lowest BCUT2D eigenvalue weighted by Gasteiger charge is -2.34. The maximum atomic E-state index is 10.8. The third kappa shape index (κ3) is 4.05. The fourth-order valence-electron chi connectivity index (χ4n) is 2.71. The Morgan fingerprint density at radius 2 is 1.57 bits per heavy atom. The molecule has 2 unspecified atom stereocenters. The summed E-state index contributed by atoms with van der Waals surface area (Å²) in [7, 11) is 0. The predicted octanol–water partition coefficient (Wildman–Crippen LogP) is 4.29. The highest BCUT2D eigenvalue weighted by molar-refractivity contribution is 5.83. The Bertz CT molecular complexity index is 598. The zero-order chi connectivity index (χ0) is 15.6. The molecule has 0 aromatic heterocycles. The standard InChI is InChI=1S/C19H27NO/c1-13(2)17(20-19(3,4)5)18(21)16-11-10-14-8-6-7-9-15(14)12-16/h6-13,17-18,20-21H,1-5H3. The number of fused-ring (bicyclic) bond motifs is 1. The van der Waals surface area contributed by atoms with Crippen LogP contribution in [-0.4, -0.2) is 16.7 Å². The van der Waals surface area contributed by atoms with Gasteiger partial charge in [-0.2, -0.15) is 0 Å². The van der Waals surface area contributed by atoms with E-state index in [0.29, 0.717) is 5.92 Å². The monoisotopic (exact) mass is 285 g/mol. The van der Waals surface area contributed by atoms with Gasteiger partial charge in [-0.05, 0) is 49.1 Å². The third-order valence-corrected chi connectivity index (χ3v) is 3.77. The number of hydrogen-bond donors (Lipinski definition) is 2. The molecule has 0 fully saturated rings. The Balaban J connectivity index is 2.31. The molecule has 0 aliphatic rings. The lowest BCUT2D eigenvalue weighted by atomic mass is 9.90. The first-order chi connectivity index (χ1) is 9.78. The molecule has 0 heterocycles. The highest BCUT2D eigenvalue weighted by atomic mass is 16.3. The van der Waals surface area contributed by atoms with E-state index in [1.54, 1.807) is 0 Å². The summed E-state index contributed by atoms with van der Waals surface area (Å²) in [5.74, 6) is 0.352. The first-order valence-electron chi connectivity index (χ1n) is 7.72. The molecule has 0 amide bonds. The van der Waals surface area contributed by atoms with Gasteiger partial charge in [0.2, 0.25) is 0 Å². The van der Waals surface area contributed by atoms with Crippen LogP contribution in [0.2, 0.25) is 0 Å². The van der Waals surface area contributed by atoms with Crippen molar-refractivity contribution in [3.05, 3.63) is 48.0 Å². The number of rotatable bonds is 4. The predicted molar refractivity (Wildman–Crippen MR) is 90.4 cm³/mol. The van der Waals surface area contributed by atoms with Crippen molar-refractivity contribution in [1.82, 2.24) is 5.32 Å². The fourth-order valence-corrected chi connectivity index (χ4v) is 2.71. The van der Waals surface area contributed by atoms with Crippen LogP contribution in [0.4, 0.5) is 0 Å². The van der Waals surface area contributed by atoms with Gasteiger partial charge in [0.25, 0.3) is 0 Å². The number of benzene rings is 2. The number of aliphatic hydroxyl groups is 1. The SMILES string of the molecule is CC(C)C(NC(C)(C)C)C(O)c1ccc2ccccc2c1. The van der Waals surface area contributed by atoms with Gasteiger partial charge in [-0.3, -0.25) is 0 Å². The summed E-state index contributed by atoms with van der Waals surface area (Å²) in [5.41, 5.74) is 0.955. The first kappa shape index (κ1) is 16.0. The van der Waals surface area contributed by atoms with Gasteiger partial charge in [0.05, 0.1) is 6.10 Å². The molecule has 2 nitrogen and oxygen atoms in total. The van der Waals surface area contributed by atoms with Crippen molar-refractivity contribution in [3.63, 3.8) is 0 Å². The van der Waals surface area contributed by atoms with Crippen molar-refractivity contribution in [3.8, 4) is 0 Å². The van der Waals surface area contributed by atoms with Crippen molar-refractivity contribution in [2.45, 2.75) is 52.3 Å². The highest BCUT2D eigenvalue weighted by Crippen LogP contribution is 2.26. The lowest BCUT2D eigenvalue weighted by molar-refractivity contribution is 0.0895. The van der Waals surface area contributed by atoms with Crippen molar-refractivity contribution in [1.29, 1.82) is 0 Å². The van der Waals surface area contributed by atoms with Gasteiger partial charge in [0, 0.05) is 11.6 Å². The van der Waals surface area contributed by atoms with E-state index >= 15 is 0 Å². The molecule has 2 heteroatoms. The van der Waals surface area contributed by atoms with Gasteiger partial charge in [0.15, 0.2) is 0 Å². The zero-order valence-corrected chi connectivity index (χ0v) is 13.7. The Morgan fingerprint density at radius 1 is 0.952 bits per heavy atom. The average Bonchev–Trinajstić information content (AvgIpc) is 2.42. The normalized spacial score (nSPS) is 15.4. The Labute approximate surface area is 128 Å².